The van der Waals surface area contributed by atoms with E-state index in [9.17, 15) is 9.59 Å². The predicted molar refractivity (Wildman–Crippen MR) is 113 cm³/mol. The monoisotopic (exact) mass is 392 g/mol. The molecule has 3 aromatic rings. The van der Waals surface area contributed by atoms with Crippen molar-refractivity contribution >= 4 is 23.3 Å². The second-order valence-electron chi connectivity index (χ2n) is 6.85. The van der Waals surface area contributed by atoms with Gasteiger partial charge in [0.2, 0.25) is 5.91 Å². The Balaban J connectivity index is 1.95. The van der Waals surface area contributed by atoms with Crippen molar-refractivity contribution in [1.82, 2.24) is 10.3 Å². The molecular weight excluding hydrogens is 368 g/mol. The minimum atomic E-state index is -0.328. The van der Waals surface area contributed by atoms with Crippen LogP contribution in [0.1, 0.15) is 23.0 Å². The molecule has 0 aliphatic carbocycles. The quantitative estimate of drug-likeness (QED) is 0.696. The van der Waals surface area contributed by atoms with Crippen LogP contribution in [0.25, 0.3) is 11.3 Å². The van der Waals surface area contributed by atoms with Gasteiger partial charge in [-0.05, 0) is 36.4 Å². The van der Waals surface area contributed by atoms with Crippen molar-refractivity contribution in [2.45, 2.75) is 13.5 Å². The van der Waals surface area contributed by atoms with Crippen molar-refractivity contribution in [3.63, 3.8) is 0 Å². The summed E-state index contributed by atoms with van der Waals surface area (Å²) in [5.74, 6) is 0.412. The summed E-state index contributed by atoms with van der Waals surface area (Å²) >= 11 is 0. The number of hydrogen-bond acceptors (Lipinski definition) is 5. The maximum Gasteiger partial charge on any atom is 0.255 e. The van der Waals surface area contributed by atoms with Crippen molar-refractivity contribution in [3.8, 4) is 11.3 Å². The van der Waals surface area contributed by atoms with Crippen molar-refractivity contribution < 1.29 is 14.0 Å². The van der Waals surface area contributed by atoms with E-state index in [1.54, 1.807) is 37.6 Å². The van der Waals surface area contributed by atoms with Gasteiger partial charge >= 0.3 is 0 Å². The van der Waals surface area contributed by atoms with E-state index in [0.29, 0.717) is 22.8 Å². The minimum Gasteiger partial charge on any atom is -0.467 e. The lowest BCUT2D eigenvalue weighted by Gasteiger charge is -2.19. The first-order valence-corrected chi connectivity index (χ1v) is 9.20. The van der Waals surface area contributed by atoms with Gasteiger partial charge in [0.25, 0.3) is 5.91 Å². The van der Waals surface area contributed by atoms with E-state index in [-0.39, 0.29) is 18.4 Å². The summed E-state index contributed by atoms with van der Waals surface area (Å²) in [5, 5.41) is 2.80. The van der Waals surface area contributed by atoms with E-state index in [0.717, 1.165) is 11.3 Å². The molecule has 0 radical (unpaired) electrons. The van der Waals surface area contributed by atoms with Gasteiger partial charge in [-0.1, -0.05) is 12.1 Å². The fourth-order valence-corrected chi connectivity index (χ4v) is 2.81. The summed E-state index contributed by atoms with van der Waals surface area (Å²) < 4.78 is 5.24. The average molecular weight is 392 g/mol. The first kappa shape index (κ1) is 20.1. The van der Waals surface area contributed by atoms with E-state index in [4.69, 9.17) is 4.42 Å². The molecule has 1 N–H and O–H groups in total. The summed E-state index contributed by atoms with van der Waals surface area (Å²) in [4.78, 5) is 32.7. The highest BCUT2D eigenvalue weighted by molar-refractivity contribution is 6.03. The average Bonchev–Trinajstić information content (AvgIpc) is 3.24. The van der Waals surface area contributed by atoms with E-state index < -0.39 is 0 Å². The molecule has 7 nitrogen and oxygen atoms in total. The summed E-state index contributed by atoms with van der Waals surface area (Å²) in [6.45, 7) is 1.69. The van der Waals surface area contributed by atoms with Gasteiger partial charge in [-0.25, -0.2) is 4.98 Å². The molecule has 2 aromatic heterocycles. The Hall–Kier alpha value is -3.61. The second kappa shape index (κ2) is 8.60. The van der Waals surface area contributed by atoms with Crippen LogP contribution >= 0.6 is 0 Å². The van der Waals surface area contributed by atoms with Crippen LogP contribution in [-0.2, 0) is 11.3 Å². The molecule has 0 fully saturated rings. The number of rotatable bonds is 6. The smallest absolute Gasteiger partial charge is 0.255 e. The highest BCUT2D eigenvalue weighted by Crippen LogP contribution is 2.26. The number of carbonyl (C=O) groups is 2. The number of amides is 2. The number of furan rings is 1. The molecular formula is C22H24N4O3. The first-order chi connectivity index (χ1) is 13.9. The van der Waals surface area contributed by atoms with Crippen molar-refractivity contribution in [2.75, 3.05) is 30.9 Å². The molecule has 0 aliphatic heterocycles. The van der Waals surface area contributed by atoms with Gasteiger partial charge in [-0.3, -0.25) is 14.5 Å². The summed E-state index contributed by atoms with van der Waals surface area (Å²) in [6, 6.07) is 14.9. The third-order valence-corrected chi connectivity index (χ3v) is 4.57. The Labute approximate surface area is 170 Å². The number of pyridine rings is 1. The summed E-state index contributed by atoms with van der Waals surface area (Å²) in [6.07, 6.45) is 1.55. The topological polar surface area (TPSA) is 78.7 Å². The van der Waals surface area contributed by atoms with Gasteiger partial charge in [0, 0.05) is 39.3 Å². The zero-order valence-electron chi connectivity index (χ0n) is 17.0. The Morgan fingerprint density at radius 3 is 2.52 bits per heavy atom. The SMILES string of the molecule is CC(=O)N(C)c1nc(-c2cccc(N(C)C)c2)ccc1C(=O)NCc1ccco1. The molecule has 7 heteroatoms. The van der Waals surface area contributed by atoms with E-state index in [1.165, 1.54) is 11.8 Å². The Kier molecular flexibility index (Phi) is 5.97. The summed E-state index contributed by atoms with van der Waals surface area (Å²) in [5.41, 5.74) is 2.93. The van der Waals surface area contributed by atoms with E-state index in [2.05, 4.69) is 10.3 Å². The van der Waals surface area contributed by atoms with Crippen LogP contribution in [0.3, 0.4) is 0 Å². The minimum absolute atomic E-state index is 0.211. The molecule has 2 amide bonds. The number of hydrogen-bond donors (Lipinski definition) is 1. The third kappa shape index (κ3) is 4.63. The molecule has 29 heavy (non-hydrogen) atoms. The van der Waals surface area contributed by atoms with Crippen LogP contribution < -0.4 is 15.1 Å². The van der Waals surface area contributed by atoms with E-state index in [1.807, 2.05) is 43.3 Å². The lowest BCUT2D eigenvalue weighted by Crippen LogP contribution is -2.30. The number of anilines is 2. The standard InChI is InChI=1S/C22H24N4O3/c1-15(27)26(4)21-19(22(28)23-14-18-9-6-12-29-18)10-11-20(24-21)16-7-5-8-17(13-16)25(2)3/h5-13H,14H2,1-4H3,(H,23,28). The van der Waals surface area contributed by atoms with Gasteiger partial charge in [-0.15, -0.1) is 0 Å². The third-order valence-electron chi connectivity index (χ3n) is 4.57. The number of nitrogens with one attached hydrogen (secondary N) is 1. The maximum absolute atomic E-state index is 12.7. The van der Waals surface area contributed by atoms with Crippen molar-refractivity contribution in [2.24, 2.45) is 0 Å². The Morgan fingerprint density at radius 1 is 1.07 bits per heavy atom. The van der Waals surface area contributed by atoms with Crippen LogP contribution in [0.5, 0.6) is 0 Å². The van der Waals surface area contributed by atoms with E-state index >= 15 is 0 Å². The Morgan fingerprint density at radius 2 is 1.86 bits per heavy atom. The van der Waals surface area contributed by atoms with Gasteiger partial charge in [0.05, 0.1) is 24.1 Å². The second-order valence-corrected chi connectivity index (χ2v) is 6.85. The highest BCUT2D eigenvalue weighted by Gasteiger charge is 2.20. The summed E-state index contributed by atoms with van der Waals surface area (Å²) in [7, 11) is 5.54. The Bertz CT molecular complexity index is 1010. The van der Waals surface area contributed by atoms with Gasteiger partial charge in [-0.2, -0.15) is 0 Å². The van der Waals surface area contributed by atoms with Crippen molar-refractivity contribution in [1.29, 1.82) is 0 Å². The largest absolute Gasteiger partial charge is 0.467 e. The zero-order valence-corrected chi connectivity index (χ0v) is 17.0. The molecule has 3 rings (SSSR count). The van der Waals surface area contributed by atoms with Gasteiger partial charge in [0.15, 0.2) is 0 Å². The normalized spacial score (nSPS) is 10.5. The molecule has 0 aliphatic rings. The van der Waals surface area contributed by atoms with Crippen LogP contribution in [0.15, 0.2) is 59.2 Å². The van der Waals surface area contributed by atoms with Crippen LogP contribution in [0.2, 0.25) is 0 Å². The number of aromatic nitrogens is 1. The highest BCUT2D eigenvalue weighted by atomic mass is 16.3. The van der Waals surface area contributed by atoms with Crippen LogP contribution in [0.4, 0.5) is 11.5 Å². The number of benzene rings is 1. The van der Waals surface area contributed by atoms with Crippen LogP contribution in [0, 0.1) is 0 Å². The van der Waals surface area contributed by atoms with Crippen molar-refractivity contribution in [3.05, 3.63) is 66.1 Å². The maximum atomic E-state index is 12.7. The molecule has 2 heterocycles. The fraction of sp³-hybridized carbons (Fsp3) is 0.227. The molecule has 0 atom stereocenters. The lowest BCUT2D eigenvalue weighted by molar-refractivity contribution is -0.116. The molecule has 0 bridgehead atoms. The number of nitrogens with zero attached hydrogens (tertiary/aromatic N) is 3. The molecule has 0 spiro atoms. The lowest BCUT2D eigenvalue weighted by atomic mass is 10.1. The molecule has 0 saturated heterocycles. The van der Waals surface area contributed by atoms with Gasteiger partial charge in [0.1, 0.15) is 11.6 Å². The molecule has 0 saturated carbocycles. The molecule has 0 unspecified atom stereocenters. The molecule has 1 aromatic carbocycles. The number of carbonyl (C=O) groups excluding carboxylic acids is 2. The zero-order chi connectivity index (χ0) is 21.0. The van der Waals surface area contributed by atoms with Gasteiger partial charge < -0.3 is 14.6 Å². The first-order valence-electron chi connectivity index (χ1n) is 9.20. The van der Waals surface area contributed by atoms with Crippen LogP contribution in [-0.4, -0.2) is 37.9 Å². The predicted octanol–water partition coefficient (Wildman–Crippen LogP) is 3.32. The molecule has 150 valence electrons. The fourth-order valence-electron chi connectivity index (χ4n) is 2.81.